The van der Waals surface area contributed by atoms with Gasteiger partial charge in [0.25, 0.3) is 5.56 Å². The summed E-state index contributed by atoms with van der Waals surface area (Å²) in [6.07, 6.45) is 0. The fourth-order valence-electron chi connectivity index (χ4n) is 3.09. The maximum Gasteiger partial charge on any atom is 0.276 e. The maximum atomic E-state index is 13.8. The molecule has 9 heteroatoms. The predicted octanol–water partition coefficient (Wildman–Crippen LogP) is 4.79. The van der Waals surface area contributed by atoms with Gasteiger partial charge in [-0.3, -0.25) is 14.2 Å². The van der Waals surface area contributed by atoms with Crippen molar-refractivity contribution in [2.75, 3.05) is 17.7 Å². The Bertz CT molecular complexity index is 1330. The summed E-state index contributed by atoms with van der Waals surface area (Å²) in [5.41, 5.74) is 1.83. The number of halogens is 2. The van der Waals surface area contributed by atoms with E-state index in [2.05, 4.69) is 4.98 Å². The molecule has 0 N–H and O–H groups in total. The lowest BCUT2D eigenvalue weighted by atomic mass is 10.2. The van der Waals surface area contributed by atoms with Crippen molar-refractivity contribution in [3.05, 3.63) is 81.5 Å². The third-order valence-corrected chi connectivity index (χ3v) is 6.46. The summed E-state index contributed by atoms with van der Waals surface area (Å²) in [5, 5.41) is 1.91. The molecule has 4 rings (SSSR count). The number of rotatable bonds is 5. The van der Waals surface area contributed by atoms with Gasteiger partial charge in [-0.2, -0.15) is 0 Å². The van der Waals surface area contributed by atoms with Crippen molar-refractivity contribution < 1.29 is 13.6 Å². The van der Waals surface area contributed by atoms with E-state index in [0.717, 1.165) is 45.8 Å². The number of nitrogens with zero attached hydrogens (tertiary/aromatic N) is 3. The molecule has 0 bridgehead atoms. The van der Waals surface area contributed by atoms with E-state index in [9.17, 15) is 18.4 Å². The summed E-state index contributed by atoms with van der Waals surface area (Å²) in [5.74, 6) is -1.82. The molecule has 0 aliphatic carbocycles. The van der Waals surface area contributed by atoms with Crippen LogP contribution < -0.4 is 10.5 Å². The molecule has 0 atom stereocenters. The van der Waals surface area contributed by atoms with Crippen LogP contribution in [-0.2, 0) is 4.79 Å². The highest BCUT2D eigenvalue weighted by molar-refractivity contribution is 7.99. The van der Waals surface area contributed by atoms with Crippen LogP contribution >= 0.6 is 23.1 Å². The molecule has 0 aliphatic rings. The Morgan fingerprint density at radius 1 is 1.16 bits per heavy atom. The summed E-state index contributed by atoms with van der Waals surface area (Å²) in [6, 6.07) is 12.1. The number of fused-ring (bicyclic) bond motifs is 1. The van der Waals surface area contributed by atoms with E-state index >= 15 is 0 Å². The van der Waals surface area contributed by atoms with Crippen molar-refractivity contribution in [3.63, 3.8) is 0 Å². The summed E-state index contributed by atoms with van der Waals surface area (Å²) >= 11 is 2.24. The summed E-state index contributed by atoms with van der Waals surface area (Å²) in [7, 11) is 1.67. The van der Waals surface area contributed by atoms with Gasteiger partial charge in [0.15, 0.2) is 5.16 Å². The highest BCUT2D eigenvalue weighted by Gasteiger charge is 2.18. The molecule has 5 nitrogen and oxygen atoms in total. The highest BCUT2D eigenvalue weighted by atomic mass is 32.2. The van der Waals surface area contributed by atoms with E-state index in [1.54, 1.807) is 18.5 Å². The minimum Gasteiger partial charge on any atom is -0.315 e. The van der Waals surface area contributed by atoms with Gasteiger partial charge in [-0.25, -0.2) is 13.8 Å². The first-order valence-electron chi connectivity index (χ1n) is 9.26. The molecule has 0 spiro atoms. The Labute approximate surface area is 185 Å². The van der Waals surface area contributed by atoms with Crippen molar-refractivity contribution in [1.29, 1.82) is 0 Å². The quantitative estimate of drug-likeness (QED) is 0.319. The first-order valence-corrected chi connectivity index (χ1v) is 11.1. The second kappa shape index (κ2) is 8.60. The van der Waals surface area contributed by atoms with Crippen LogP contribution in [0.4, 0.5) is 14.5 Å². The number of thioether (sulfide) groups is 1. The van der Waals surface area contributed by atoms with Gasteiger partial charge in [-0.1, -0.05) is 23.9 Å². The molecule has 31 heavy (non-hydrogen) atoms. The summed E-state index contributed by atoms with van der Waals surface area (Å²) in [4.78, 5) is 31.8. The standard InChI is InChI=1S/C22H17F2N3O2S2/c1-13-4-3-5-16(8-13)26(2)19(28)12-31-22-25-18-6-7-30-20(18)21(29)27(22)17-10-14(23)9-15(24)11-17/h3-11H,12H2,1-2H3. The summed E-state index contributed by atoms with van der Waals surface area (Å²) < 4.78 is 29.2. The third-order valence-electron chi connectivity index (χ3n) is 4.64. The predicted molar refractivity (Wildman–Crippen MR) is 120 cm³/mol. The van der Waals surface area contributed by atoms with Gasteiger partial charge >= 0.3 is 0 Å². The van der Waals surface area contributed by atoms with Gasteiger partial charge in [0, 0.05) is 18.8 Å². The lowest BCUT2D eigenvalue weighted by Crippen LogP contribution is -2.28. The van der Waals surface area contributed by atoms with Crippen molar-refractivity contribution in [2.24, 2.45) is 0 Å². The van der Waals surface area contributed by atoms with Gasteiger partial charge in [-0.05, 0) is 48.2 Å². The van der Waals surface area contributed by atoms with Crippen LogP contribution in [0.3, 0.4) is 0 Å². The van der Waals surface area contributed by atoms with Crippen LogP contribution in [0.25, 0.3) is 15.9 Å². The van der Waals surface area contributed by atoms with Gasteiger partial charge < -0.3 is 4.90 Å². The zero-order valence-electron chi connectivity index (χ0n) is 16.6. The topological polar surface area (TPSA) is 55.2 Å². The molecular formula is C22H17F2N3O2S2. The Morgan fingerprint density at radius 2 is 1.90 bits per heavy atom. The molecule has 0 saturated carbocycles. The number of amides is 1. The maximum absolute atomic E-state index is 13.8. The van der Waals surface area contributed by atoms with Crippen LogP contribution in [0.1, 0.15) is 5.56 Å². The normalized spacial score (nSPS) is 11.1. The molecule has 0 aliphatic heterocycles. The van der Waals surface area contributed by atoms with Gasteiger partial charge in [0.2, 0.25) is 5.91 Å². The first-order chi connectivity index (χ1) is 14.8. The zero-order valence-corrected chi connectivity index (χ0v) is 18.3. The number of thiophene rings is 1. The number of carbonyl (C=O) groups is 1. The number of aromatic nitrogens is 2. The van der Waals surface area contributed by atoms with Gasteiger partial charge in [0.05, 0.1) is 17.0 Å². The van der Waals surface area contributed by atoms with E-state index < -0.39 is 17.2 Å². The molecule has 2 aromatic heterocycles. The number of hydrogen-bond acceptors (Lipinski definition) is 5. The molecule has 1 amide bonds. The largest absolute Gasteiger partial charge is 0.315 e. The number of anilines is 1. The molecule has 2 heterocycles. The number of carbonyl (C=O) groups excluding carboxylic acids is 1. The first kappa shape index (κ1) is 21.2. The summed E-state index contributed by atoms with van der Waals surface area (Å²) in [6.45, 7) is 1.94. The second-order valence-corrected chi connectivity index (χ2v) is 8.74. The van der Waals surface area contributed by atoms with Crippen LogP contribution in [0, 0.1) is 18.6 Å². The third kappa shape index (κ3) is 4.38. The monoisotopic (exact) mass is 457 g/mol. The SMILES string of the molecule is Cc1cccc(N(C)C(=O)CSc2nc3ccsc3c(=O)n2-c2cc(F)cc(F)c2)c1. The van der Waals surface area contributed by atoms with Crippen molar-refractivity contribution >= 4 is 44.9 Å². The smallest absolute Gasteiger partial charge is 0.276 e. The molecule has 0 fully saturated rings. The average molecular weight is 458 g/mol. The lowest BCUT2D eigenvalue weighted by molar-refractivity contribution is -0.115. The van der Waals surface area contributed by atoms with Crippen LogP contribution in [0.2, 0.25) is 0 Å². The Balaban J connectivity index is 1.70. The Kier molecular flexibility index (Phi) is 5.88. The molecule has 0 radical (unpaired) electrons. The Hall–Kier alpha value is -3.04. The molecule has 2 aromatic carbocycles. The molecule has 0 unspecified atom stereocenters. The van der Waals surface area contributed by atoms with Crippen LogP contribution in [0.5, 0.6) is 0 Å². The van der Waals surface area contributed by atoms with E-state index in [0.29, 0.717) is 10.2 Å². The van der Waals surface area contributed by atoms with Crippen molar-refractivity contribution in [2.45, 2.75) is 12.1 Å². The molecular weight excluding hydrogens is 440 g/mol. The average Bonchev–Trinajstić information content (AvgIpc) is 3.19. The minimum atomic E-state index is -0.806. The number of hydrogen-bond donors (Lipinski definition) is 0. The Morgan fingerprint density at radius 3 is 2.61 bits per heavy atom. The molecule has 0 saturated heterocycles. The van der Waals surface area contributed by atoms with E-state index in [1.807, 2.05) is 31.2 Å². The van der Waals surface area contributed by atoms with E-state index in [4.69, 9.17) is 0 Å². The van der Waals surface area contributed by atoms with Gasteiger partial charge in [-0.15, -0.1) is 11.3 Å². The van der Waals surface area contributed by atoms with Crippen LogP contribution in [-0.4, -0.2) is 28.3 Å². The lowest BCUT2D eigenvalue weighted by Gasteiger charge is -2.18. The zero-order chi connectivity index (χ0) is 22.1. The van der Waals surface area contributed by atoms with Crippen molar-refractivity contribution in [3.8, 4) is 5.69 Å². The fraction of sp³-hybridized carbons (Fsp3) is 0.136. The van der Waals surface area contributed by atoms with Crippen molar-refractivity contribution in [1.82, 2.24) is 9.55 Å². The van der Waals surface area contributed by atoms with E-state index in [1.165, 1.54) is 16.2 Å². The van der Waals surface area contributed by atoms with E-state index in [-0.39, 0.29) is 22.5 Å². The van der Waals surface area contributed by atoms with Crippen LogP contribution in [0.15, 0.2) is 63.9 Å². The minimum absolute atomic E-state index is 0.00960. The number of benzene rings is 2. The van der Waals surface area contributed by atoms with Gasteiger partial charge in [0.1, 0.15) is 16.3 Å². The fourth-order valence-corrected chi connectivity index (χ4v) is 4.77. The number of aryl methyl sites for hydroxylation is 1. The molecule has 158 valence electrons. The highest BCUT2D eigenvalue weighted by Crippen LogP contribution is 2.25. The second-order valence-electron chi connectivity index (χ2n) is 6.88. The molecule has 4 aromatic rings.